The van der Waals surface area contributed by atoms with Crippen LogP contribution < -0.4 is 9.47 Å². The molecule has 0 radical (unpaired) electrons. The highest BCUT2D eigenvalue weighted by molar-refractivity contribution is 5.65. The van der Waals surface area contributed by atoms with Crippen LogP contribution in [0, 0.1) is 13.8 Å². The SMILES string of the molecule is Cc1ccc(Oc2c(CN(C[C@@H](O)COc3ccccc3C)C(C)C)c(-c3ccccc3)nn2C)cc1. The predicted octanol–water partition coefficient (Wildman–Crippen LogP) is 6.15. The Balaban J connectivity index is 1.59. The van der Waals surface area contributed by atoms with Crippen molar-refractivity contribution in [2.24, 2.45) is 7.05 Å². The highest BCUT2D eigenvalue weighted by Crippen LogP contribution is 2.34. The van der Waals surface area contributed by atoms with Crippen LogP contribution in [0.25, 0.3) is 11.3 Å². The molecule has 0 fully saturated rings. The second-order valence-corrected chi connectivity index (χ2v) is 9.79. The van der Waals surface area contributed by atoms with Gasteiger partial charge in [0.15, 0.2) is 0 Å². The van der Waals surface area contributed by atoms with Crippen LogP contribution in [-0.2, 0) is 13.6 Å². The van der Waals surface area contributed by atoms with Gasteiger partial charge in [-0.05, 0) is 51.5 Å². The fourth-order valence-electron chi connectivity index (χ4n) is 4.26. The number of aromatic nitrogens is 2. The highest BCUT2D eigenvalue weighted by Gasteiger charge is 2.25. The van der Waals surface area contributed by atoms with E-state index in [9.17, 15) is 5.11 Å². The molecule has 3 aromatic carbocycles. The van der Waals surface area contributed by atoms with E-state index in [0.717, 1.165) is 33.9 Å². The van der Waals surface area contributed by atoms with Gasteiger partial charge in [0.1, 0.15) is 29.9 Å². The van der Waals surface area contributed by atoms with Crippen LogP contribution in [-0.4, -0.2) is 45.1 Å². The molecule has 0 amide bonds. The Kier molecular flexibility index (Phi) is 8.64. The molecule has 6 nitrogen and oxygen atoms in total. The lowest BCUT2D eigenvalue weighted by molar-refractivity contribution is 0.0539. The number of hydrogen-bond acceptors (Lipinski definition) is 5. The second kappa shape index (κ2) is 12.1. The molecule has 0 aliphatic rings. The van der Waals surface area contributed by atoms with E-state index < -0.39 is 6.10 Å². The molecule has 0 spiro atoms. The monoisotopic (exact) mass is 499 g/mol. The second-order valence-electron chi connectivity index (χ2n) is 9.79. The van der Waals surface area contributed by atoms with E-state index in [0.29, 0.717) is 19.0 Å². The molecule has 0 saturated carbocycles. The smallest absolute Gasteiger partial charge is 0.222 e. The van der Waals surface area contributed by atoms with Crippen molar-refractivity contribution in [1.29, 1.82) is 0 Å². The van der Waals surface area contributed by atoms with Gasteiger partial charge in [0.25, 0.3) is 0 Å². The van der Waals surface area contributed by atoms with Gasteiger partial charge in [-0.3, -0.25) is 4.90 Å². The first-order valence-electron chi connectivity index (χ1n) is 12.8. The number of aliphatic hydroxyl groups is 1. The summed E-state index contributed by atoms with van der Waals surface area (Å²) >= 11 is 0. The molecule has 37 heavy (non-hydrogen) atoms. The molecule has 0 aliphatic heterocycles. The topological polar surface area (TPSA) is 59.8 Å². The zero-order valence-electron chi connectivity index (χ0n) is 22.4. The number of nitrogens with zero attached hydrogens (tertiary/aromatic N) is 3. The molecular formula is C31H37N3O3. The molecule has 4 aromatic rings. The van der Waals surface area contributed by atoms with Crippen LogP contribution in [0.5, 0.6) is 17.4 Å². The van der Waals surface area contributed by atoms with Gasteiger partial charge in [-0.25, -0.2) is 4.68 Å². The minimum atomic E-state index is -0.652. The Morgan fingerprint density at radius 1 is 0.919 bits per heavy atom. The Labute approximate surface area is 220 Å². The summed E-state index contributed by atoms with van der Waals surface area (Å²) in [7, 11) is 1.91. The van der Waals surface area contributed by atoms with Gasteiger partial charge in [0.2, 0.25) is 5.88 Å². The number of aryl methyl sites for hydroxylation is 3. The number of rotatable bonds is 11. The first kappa shape index (κ1) is 26.5. The van der Waals surface area contributed by atoms with Crippen molar-refractivity contribution in [2.75, 3.05) is 13.2 Å². The summed E-state index contributed by atoms with van der Waals surface area (Å²) in [4.78, 5) is 2.23. The molecule has 0 bridgehead atoms. The molecule has 1 aromatic heterocycles. The average molecular weight is 500 g/mol. The van der Waals surface area contributed by atoms with Crippen molar-refractivity contribution >= 4 is 0 Å². The van der Waals surface area contributed by atoms with Crippen LogP contribution in [0.15, 0.2) is 78.9 Å². The number of aliphatic hydroxyl groups excluding tert-OH is 1. The van der Waals surface area contributed by atoms with Gasteiger partial charge in [0.05, 0.1) is 5.56 Å². The van der Waals surface area contributed by atoms with E-state index in [2.05, 4.69) is 37.8 Å². The van der Waals surface area contributed by atoms with Gasteiger partial charge in [0, 0.05) is 31.7 Å². The Morgan fingerprint density at radius 2 is 1.59 bits per heavy atom. The summed E-state index contributed by atoms with van der Waals surface area (Å²) in [6, 6.07) is 26.2. The van der Waals surface area contributed by atoms with E-state index in [1.165, 1.54) is 5.56 Å². The standard InChI is InChI=1S/C31H37N3O3/c1-22(2)34(19-26(35)21-36-29-14-10-9-11-24(29)4)20-28-30(25-12-7-6-8-13-25)32-33(5)31(28)37-27-17-15-23(3)16-18-27/h6-18,22,26,35H,19-21H2,1-5H3/t26-/m1/s1. The minimum Gasteiger partial charge on any atom is -0.491 e. The molecule has 0 aliphatic carbocycles. The van der Waals surface area contributed by atoms with Crippen molar-refractivity contribution in [3.63, 3.8) is 0 Å². The molecule has 1 heterocycles. The molecule has 1 atom stereocenters. The largest absolute Gasteiger partial charge is 0.491 e. The van der Waals surface area contributed by atoms with Gasteiger partial charge >= 0.3 is 0 Å². The maximum absolute atomic E-state index is 10.9. The molecule has 0 unspecified atom stereocenters. The quantitative estimate of drug-likeness (QED) is 0.268. The first-order chi connectivity index (χ1) is 17.8. The third kappa shape index (κ3) is 6.79. The van der Waals surface area contributed by atoms with Gasteiger partial charge in [-0.1, -0.05) is 66.2 Å². The van der Waals surface area contributed by atoms with E-state index in [1.807, 2.05) is 80.7 Å². The van der Waals surface area contributed by atoms with Crippen molar-refractivity contribution in [3.8, 4) is 28.6 Å². The normalized spacial score (nSPS) is 12.2. The summed E-state index contributed by atoms with van der Waals surface area (Å²) in [5.74, 6) is 2.25. The number of para-hydroxylation sites is 1. The lowest BCUT2D eigenvalue weighted by atomic mass is 10.1. The lowest BCUT2D eigenvalue weighted by Gasteiger charge is -2.29. The van der Waals surface area contributed by atoms with Crippen molar-refractivity contribution in [2.45, 2.75) is 46.4 Å². The van der Waals surface area contributed by atoms with E-state index in [4.69, 9.17) is 14.6 Å². The first-order valence-corrected chi connectivity index (χ1v) is 12.8. The van der Waals surface area contributed by atoms with Crippen LogP contribution in [0.3, 0.4) is 0 Å². The van der Waals surface area contributed by atoms with Gasteiger partial charge < -0.3 is 14.6 Å². The Bertz CT molecular complexity index is 1280. The van der Waals surface area contributed by atoms with E-state index >= 15 is 0 Å². The van der Waals surface area contributed by atoms with Crippen LogP contribution in [0.4, 0.5) is 0 Å². The molecule has 0 saturated heterocycles. The minimum absolute atomic E-state index is 0.184. The third-order valence-corrected chi connectivity index (χ3v) is 6.43. The van der Waals surface area contributed by atoms with Crippen LogP contribution in [0.1, 0.15) is 30.5 Å². The van der Waals surface area contributed by atoms with Gasteiger partial charge in [-0.15, -0.1) is 0 Å². The summed E-state index contributed by atoms with van der Waals surface area (Å²) in [5, 5.41) is 15.8. The van der Waals surface area contributed by atoms with E-state index in [-0.39, 0.29) is 12.6 Å². The van der Waals surface area contributed by atoms with Crippen molar-refractivity contribution in [3.05, 3.63) is 95.6 Å². The van der Waals surface area contributed by atoms with Crippen LogP contribution in [0.2, 0.25) is 0 Å². The highest BCUT2D eigenvalue weighted by atomic mass is 16.5. The number of ether oxygens (including phenoxy) is 2. The summed E-state index contributed by atoms with van der Waals surface area (Å²) < 4.78 is 14.1. The number of benzene rings is 3. The molecule has 194 valence electrons. The number of hydrogen-bond donors (Lipinski definition) is 1. The molecule has 6 heteroatoms. The fourth-order valence-corrected chi connectivity index (χ4v) is 4.26. The van der Waals surface area contributed by atoms with Crippen LogP contribution >= 0.6 is 0 Å². The molecule has 4 rings (SSSR count). The van der Waals surface area contributed by atoms with Crippen molar-refractivity contribution in [1.82, 2.24) is 14.7 Å². The van der Waals surface area contributed by atoms with Gasteiger partial charge in [-0.2, -0.15) is 5.10 Å². The Hall–Kier alpha value is -3.61. The fraction of sp³-hybridized carbons (Fsp3) is 0.323. The maximum Gasteiger partial charge on any atom is 0.222 e. The summed E-state index contributed by atoms with van der Waals surface area (Å²) in [6.45, 7) is 9.57. The Morgan fingerprint density at radius 3 is 2.27 bits per heavy atom. The zero-order valence-corrected chi connectivity index (χ0v) is 22.4. The lowest BCUT2D eigenvalue weighted by Crippen LogP contribution is -2.39. The zero-order chi connectivity index (χ0) is 26.4. The average Bonchev–Trinajstić information content (AvgIpc) is 3.19. The maximum atomic E-state index is 10.9. The van der Waals surface area contributed by atoms with E-state index in [1.54, 1.807) is 4.68 Å². The summed E-state index contributed by atoms with van der Waals surface area (Å²) in [5.41, 5.74) is 5.11. The predicted molar refractivity (Wildman–Crippen MR) is 148 cm³/mol. The summed E-state index contributed by atoms with van der Waals surface area (Å²) in [6.07, 6.45) is -0.652. The third-order valence-electron chi connectivity index (χ3n) is 6.43. The molecular weight excluding hydrogens is 462 g/mol. The van der Waals surface area contributed by atoms with Crippen molar-refractivity contribution < 1.29 is 14.6 Å². The molecule has 1 N–H and O–H groups in total.